The molecule has 1 atom stereocenters. The van der Waals surface area contributed by atoms with Gasteiger partial charge in [0.05, 0.1) is 19.3 Å². The highest BCUT2D eigenvalue weighted by molar-refractivity contribution is 7.09. The molecule has 0 aromatic carbocycles. The molecule has 0 aliphatic carbocycles. The van der Waals surface area contributed by atoms with Crippen LogP contribution in [-0.4, -0.2) is 54.3 Å². The number of likely N-dealkylation sites (tertiary alicyclic amines) is 1. The maximum absolute atomic E-state index is 12.0. The van der Waals surface area contributed by atoms with Crippen LogP contribution in [0.1, 0.15) is 31.6 Å². The summed E-state index contributed by atoms with van der Waals surface area (Å²) in [6, 6.07) is 4.23. The number of β-amino-alcohol motifs (C(OH)–C–C–N with tert-alkyl or cyclic N) is 1. The van der Waals surface area contributed by atoms with Gasteiger partial charge in [0, 0.05) is 23.4 Å². The maximum atomic E-state index is 12.0. The Hall–Kier alpha value is -0.950. The van der Waals surface area contributed by atoms with Crippen LogP contribution in [-0.2, 0) is 16.1 Å². The summed E-state index contributed by atoms with van der Waals surface area (Å²) in [5.74, 6) is 0.278. The van der Waals surface area contributed by atoms with Crippen molar-refractivity contribution in [3.63, 3.8) is 0 Å². The van der Waals surface area contributed by atoms with Gasteiger partial charge in [-0.25, -0.2) is 0 Å². The van der Waals surface area contributed by atoms with Gasteiger partial charge < -0.3 is 20.1 Å². The first kappa shape index (κ1) is 18.4. The van der Waals surface area contributed by atoms with Crippen LogP contribution in [0.4, 0.5) is 0 Å². The second kappa shape index (κ2) is 9.37. The predicted octanol–water partition coefficient (Wildman–Crippen LogP) is 1.86. The van der Waals surface area contributed by atoms with E-state index in [1.807, 2.05) is 31.4 Å². The summed E-state index contributed by atoms with van der Waals surface area (Å²) in [5, 5.41) is 15.1. The van der Waals surface area contributed by atoms with Crippen LogP contribution >= 0.6 is 11.3 Å². The second-order valence-corrected chi connectivity index (χ2v) is 7.52. The first-order chi connectivity index (χ1) is 11.0. The minimum absolute atomic E-state index is 0.112. The van der Waals surface area contributed by atoms with Crippen LogP contribution < -0.4 is 5.32 Å². The molecule has 1 aromatic rings. The molecule has 0 spiro atoms. The zero-order valence-corrected chi connectivity index (χ0v) is 14.8. The Labute approximate surface area is 142 Å². The van der Waals surface area contributed by atoms with Crippen molar-refractivity contribution < 1.29 is 14.6 Å². The summed E-state index contributed by atoms with van der Waals surface area (Å²) in [4.78, 5) is 15.4. The van der Waals surface area contributed by atoms with E-state index >= 15 is 0 Å². The Bertz CT molecular complexity index is 456. The van der Waals surface area contributed by atoms with Gasteiger partial charge >= 0.3 is 0 Å². The van der Waals surface area contributed by atoms with Crippen molar-refractivity contribution in [2.45, 2.75) is 45.4 Å². The van der Waals surface area contributed by atoms with E-state index in [-0.39, 0.29) is 17.9 Å². The van der Waals surface area contributed by atoms with Gasteiger partial charge in [-0.15, -0.1) is 11.3 Å². The van der Waals surface area contributed by atoms with Crippen LogP contribution in [0, 0.1) is 5.92 Å². The number of piperidine rings is 1. The van der Waals surface area contributed by atoms with Crippen LogP contribution in [0.25, 0.3) is 0 Å². The molecule has 1 aliphatic rings. The number of ether oxygens (including phenoxy) is 1. The van der Waals surface area contributed by atoms with E-state index in [9.17, 15) is 9.90 Å². The van der Waals surface area contributed by atoms with Crippen molar-refractivity contribution >= 4 is 17.2 Å². The summed E-state index contributed by atoms with van der Waals surface area (Å²) >= 11 is 1.66. The minimum atomic E-state index is -0.476. The summed E-state index contributed by atoms with van der Waals surface area (Å²) in [7, 11) is 0. The number of amides is 1. The molecule has 0 radical (unpaired) electrons. The van der Waals surface area contributed by atoms with E-state index in [1.54, 1.807) is 11.3 Å². The number of hydrogen-bond acceptors (Lipinski definition) is 5. The van der Waals surface area contributed by atoms with Crippen molar-refractivity contribution in [3.05, 3.63) is 22.4 Å². The fraction of sp³-hybridized carbons (Fsp3) is 0.706. The van der Waals surface area contributed by atoms with Gasteiger partial charge in [-0.05, 0) is 51.2 Å². The lowest BCUT2D eigenvalue weighted by atomic mass is 9.95. The Morgan fingerprint density at radius 1 is 1.48 bits per heavy atom. The highest BCUT2D eigenvalue weighted by atomic mass is 32.1. The highest BCUT2D eigenvalue weighted by Gasteiger charge is 2.26. The highest BCUT2D eigenvalue weighted by Crippen LogP contribution is 2.18. The Balaban J connectivity index is 1.60. The molecule has 1 fully saturated rings. The maximum Gasteiger partial charge on any atom is 0.223 e. The van der Waals surface area contributed by atoms with E-state index < -0.39 is 6.10 Å². The fourth-order valence-electron chi connectivity index (χ4n) is 2.82. The number of carbonyl (C=O) groups is 1. The second-order valence-electron chi connectivity index (χ2n) is 6.49. The van der Waals surface area contributed by atoms with Crippen LogP contribution in [0.15, 0.2) is 17.5 Å². The molecule has 1 unspecified atom stereocenters. The lowest BCUT2D eigenvalue weighted by Crippen LogP contribution is -2.44. The first-order valence-electron chi connectivity index (χ1n) is 8.35. The smallest absolute Gasteiger partial charge is 0.223 e. The van der Waals surface area contributed by atoms with Crippen molar-refractivity contribution in [2.24, 2.45) is 5.92 Å². The lowest BCUT2D eigenvalue weighted by Gasteiger charge is -2.32. The van der Waals surface area contributed by atoms with Crippen LogP contribution in [0.2, 0.25) is 0 Å². The van der Waals surface area contributed by atoms with Gasteiger partial charge in [0.1, 0.15) is 0 Å². The molecular formula is C17H28N2O3S. The lowest BCUT2D eigenvalue weighted by molar-refractivity contribution is -0.127. The number of rotatable bonds is 8. The van der Waals surface area contributed by atoms with Crippen molar-refractivity contribution in [1.82, 2.24) is 10.2 Å². The summed E-state index contributed by atoms with van der Waals surface area (Å²) < 4.78 is 5.55. The summed E-state index contributed by atoms with van der Waals surface area (Å²) in [6.45, 7) is 7.22. The molecule has 0 saturated carbocycles. The molecule has 2 rings (SSSR count). The third-order valence-corrected chi connectivity index (χ3v) is 4.84. The summed E-state index contributed by atoms with van der Waals surface area (Å²) in [5.41, 5.74) is 0. The Morgan fingerprint density at radius 3 is 2.83 bits per heavy atom. The van der Waals surface area contributed by atoms with Crippen molar-refractivity contribution in [2.75, 3.05) is 26.2 Å². The standard InChI is InChI=1S/C17H28N2O3S/c1-13(2)18-17(21)14-5-7-19(8-6-14)10-15(20)11-22-12-16-4-3-9-23-16/h3-4,9,13-15,20H,5-8,10-12H2,1-2H3,(H,18,21). The topological polar surface area (TPSA) is 61.8 Å². The van der Waals surface area contributed by atoms with Crippen molar-refractivity contribution in [3.8, 4) is 0 Å². The Morgan fingerprint density at radius 2 is 2.22 bits per heavy atom. The zero-order chi connectivity index (χ0) is 16.7. The number of thiophene rings is 1. The predicted molar refractivity (Wildman–Crippen MR) is 92.4 cm³/mol. The van der Waals surface area contributed by atoms with E-state index in [4.69, 9.17) is 4.74 Å². The number of aliphatic hydroxyl groups excluding tert-OH is 1. The fourth-order valence-corrected chi connectivity index (χ4v) is 3.46. The van der Waals surface area contributed by atoms with Crippen LogP contribution in [0.5, 0.6) is 0 Å². The number of nitrogens with one attached hydrogen (secondary N) is 1. The average Bonchev–Trinajstić information content (AvgIpc) is 3.00. The number of aliphatic hydroxyl groups is 1. The molecular weight excluding hydrogens is 312 g/mol. The van der Waals surface area contributed by atoms with Gasteiger partial charge in [0.2, 0.25) is 5.91 Å². The van der Waals surface area contributed by atoms with E-state index in [0.717, 1.165) is 25.9 Å². The molecule has 130 valence electrons. The molecule has 6 heteroatoms. The molecule has 2 N–H and O–H groups in total. The largest absolute Gasteiger partial charge is 0.389 e. The molecule has 1 amide bonds. The third kappa shape index (κ3) is 6.59. The first-order valence-corrected chi connectivity index (χ1v) is 9.23. The Kier molecular flexibility index (Phi) is 7.49. The van der Waals surface area contributed by atoms with E-state index in [0.29, 0.717) is 19.8 Å². The SMILES string of the molecule is CC(C)NC(=O)C1CCN(CC(O)COCc2cccs2)CC1. The van der Waals surface area contributed by atoms with Gasteiger partial charge in [0.25, 0.3) is 0 Å². The van der Waals surface area contributed by atoms with Gasteiger partial charge in [-0.1, -0.05) is 6.07 Å². The molecule has 0 bridgehead atoms. The van der Waals surface area contributed by atoms with Gasteiger partial charge in [0.15, 0.2) is 0 Å². The molecule has 1 saturated heterocycles. The van der Waals surface area contributed by atoms with Gasteiger partial charge in [-0.2, -0.15) is 0 Å². The third-order valence-electron chi connectivity index (χ3n) is 3.99. The number of hydrogen-bond donors (Lipinski definition) is 2. The average molecular weight is 340 g/mol. The van der Waals surface area contributed by atoms with Crippen LogP contribution in [0.3, 0.4) is 0 Å². The quantitative estimate of drug-likeness (QED) is 0.758. The summed E-state index contributed by atoms with van der Waals surface area (Å²) in [6.07, 6.45) is 1.25. The number of carbonyl (C=O) groups excluding carboxylic acids is 1. The van der Waals surface area contributed by atoms with E-state index in [2.05, 4.69) is 10.2 Å². The molecule has 2 heterocycles. The van der Waals surface area contributed by atoms with Crippen molar-refractivity contribution in [1.29, 1.82) is 0 Å². The molecule has 5 nitrogen and oxygen atoms in total. The molecule has 1 aliphatic heterocycles. The normalized spacial score (nSPS) is 18.3. The molecule has 23 heavy (non-hydrogen) atoms. The zero-order valence-electron chi connectivity index (χ0n) is 14.0. The monoisotopic (exact) mass is 340 g/mol. The number of nitrogens with zero attached hydrogens (tertiary/aromatic N) is 1. The van der Waals surface area contributed by atoms with Gasteiger partial charge in [-0.3, -0.25) is 4.79 Å². The van der Waals surface area contributed by atoms with E-state index in [1.165, 1.54) is 4.88 Å². The minimum Gasteiger partial charge on any atom is -0.389 e. The molecule has 1 aromatic heterocycles.